The molecule has 0 fully saturated rings. The standard InChI is InChI=1S/C21H18N2O4/c1-2-26-21(25)19-18(14-9-10-23-16-6-4-3-5-13(14)16)15-8-7-12(24)11-17(15)27-20(19)22/h3-11,18,24H,2,22H2,1H3. The Morgan fingerprint density at radius 3 is 2.85 bits per heavy atom. The van der Waals surface area contributed by atoms with Crippen molar-refractivity contribution in [2.75, 3.05) is 6.61 Å². The molecule has 0 radical (unpaired) electrons. The number of carbonyl (C=O) groups is 1. The Balaban J connectivity index is 2.00. The first kappa shape index (κ1) is 16.9. The van der Waals surface area contributed by atoms with Gasteiger partial charge in [-0.3, -0.25) is 4.98 Å². The van der Waals surface area contributed by atoms with Gasteiger partial charge in [0.15, 0.2) is 0 Å². The minimum absolute atomic E-state index is 0.0301. The van der Waals surface area contributed by atoms with E-state index < -0.39 is 11.9 Å². The van der Waals surface area contributed by atoms with Crippen molar-refractivity contribution in [3.8, 4) is 11.5 Å². The summed E-state index contributed by atoms with van der Waals surface area (Å²) in [5, 5.41) is 10.7. The quantitative estimate of drug-likeness (QED) is 0.695. The number of nitrogens with two attached hydrogens (primary N) is 1. The Morgan fingerprint density at radius 1 is 1.22 bits per heavy atom. The molecule has 6 heteroatoms. The van der Waals surface area contributed by atoms with Gasteiger partial charge in [-0.15, -0.1) is 0 Å². The molecule has 1 aliphatic heterocycles. The van der Waals surface area contributed by atoms with Crippen LogP contribution in [0.2, 0.25) is 0 Å². The molecule has 1 atom stereocenters. The summed E-state index contributed by atoms with van der Waals surface area (Å²) in [6, 6.07) is 14.3. The monoisotopic (exact) mass is 362 g/mol. The van der Waals surface area contributed by atoms with E-state index in [-0.39, 0.29) is 23.8 Å². The van der Waals surface area contributed by atoms with Gasteiger partial charge in [-0.25, -0.2) is 4.79 Å². The highest BCUT2D eigenvalue weighted by Crippen LogP contribution is 2.45. The number of ether oxygens (including phenoxy) is 2. The predicted octanol–water partition coefficient (Wildman–Crippen LogP) is 3.20. The summed E-state index contributed by atoms with van der Waals surface area (Å²) in [5.41, 5.74) is 8.74. The van der Waals surface area contributed by atoms with Crippen molar-refractivity contribution in [1.29, 1.82) is 0 Å². The number of hydrogen-bond acceptors (Lipinski definition) is 6. The summed E-state index contributed by atoms with van der Waals surface area (Å²) >= 11 is 0. The summed E-state index contributed by atoms with van der Waals surface area (Å²) in [6.45, 7) is 1.96. The summed E-state index contributed by atoms with van der Waals surface area (Å²) < 4.78 is 10.9. The normalized spacial score (nSPS) is 16.0. The maximum Gasteiger partial charge on any atom is 0.340 e. The molecule has 3 N–H and O–H groups in total. The Kier molecular flexibility index (Phi) is 4.16. The van der Waals surface area contributed by atoms with Crippen LogP contribution in [0, 0.1) is 0 Å². The summed E-state index contributed by atoms with van der Waals surface area (Å²) in [6.07, 6.45) is 1.70. The van der Waals surface area contributed by atoms with E-state index in [9.17, 15) is 9.90 Å². The molecule has 4 rings (SSSR count). The van der Waals surface area contributed by atoms with Gasteiger partial charge >= 0.3 is 5.97 Å². The van der Waals surface area contributed by atoms with Crippen LogP contribution in [0.25, 0.3) is 10.9 Å². The second-order valence-corrected chi connectivity index (χ2v) is 6.17. The van der Waals surface area contributed by atoms with Crippen molar-refractivity contribution in [2.24, 2.45) is 5.73 Å². The minimum atomic E-state index is -0.528. The van der Waals surface area contributed by atoms with Gasteiger partial charge in [0.05, 0.1) is 18.0 Å². The third-order valence-electron chi connectivity index (χ3n) is 4.57. The number of hydrogen-bond donors (Lipinski definition) is 2. The lowest BCUT2D eigenvalue weighted by atomic mass is 9.81. The fraction of sp³-hybridized carbons (Fsp3) is 0.143. The molecule has 0 saturated carbocycles. The van der Waals surface area contributed by atoms with Crippen LogP contribution in [0.15, 0.2) is 66.2 Å². The smallest absolute Gasteiger partial charge is 0.340 e. The van der Waals surface area contributed by atoms with Crippen LogP contribution in [0.1, 0.15) is 24.0 Å². The molecular formula is C21H18N2O4. The SMILES string of the molecule is CCOC(=O)C1=C(N)Oc2cc(O)ccc2C1c1ccnc2ccccc12. The van der Waals surface area contributed by atoms with E-state index in [0.29, 0.717) is 5.75 Å². The van der Waals surface area contributed by atoms with Crippen LogP contribution in [-0.2, 0) is 9.53 Å². The highest BCUT2D eigenvalue weighted by Gasteiger charge is 2.36. The van der Waals surface area contributed by atoms with E-state index in [1.165, 1.54) is 6.07 Å². The van der Waals surface area contributed by atoms with Crippen LogP contribution < -0.4 is 10.5 Å². The molecule has 3 aromatic rings. The van der Waals surface area contributed by atoms with Crippen molar-refractivity contribution in [3.05, 3.63) is 77.3 Å². The van der Waals surface area contributed by atoms with Gasteiger partial charge in [0, 0.05) is 23.2 Å². The second-order valence-electron chi connectivity index (χ2n) is 6.17. The summed E-state index contributed by atoms with van der Waals surface area (Å²) in [7, 11) is 0. The fourth-order valence-electron chi connectivity index (χ4n) is 3.44. The lowest BCUT2D eigenvalue weighted by Gasteiger charge is -2.29. The first-order valence-electron chi connectivity index (χ1n) is 8.61. The third-order valence-corrected chi connectivity index (χ3v) is 4.57. The van der Waals surface area contributed by atoms with Crippen molar-refractivity contribution in [1.82, 2.24) is 4.98 Å². The second kappa shape index (κ2) is 6.64. The van der Waals surface area contributed by atoms with Gasteiger partial charge in [-0.1, -0.05) is 24.3 Å². The molecule has 136 valence electrons. The molecule has 0 spiro atoms. The molecule has 1 aliphatic rings. The van der Waals surface area contributed by atoms with E-state index in [1.54, 1.807) is 25.3 Å². The Labute approximate surface area is 155 Å². The molecule has 27 heavy (non-hydrogen) atoms. The van der Waals surface area contributed by atoms with Gasteiger partial charge in [0.25, 0.3) is 0 Å². The summed E-state index contributed by atoms with van der Waals surface area (Å²) in [5.74, 6) is -0.593. The number of carbonyl (C=O) groups excluding carboxylic acids is 1. The number of fused-ring (bicyclic) bond motifs is 2. The zero-order chi connectivity index (χ0) is 19.0. The first-order chi connectivity index (χ1) is 13.1. The van der Waals surface area contributed by atoms with Crippen molar-refractivity contribution in [2.45, 2.75) is 12.8 Å². The molecule has 0 amide bonds. The number of esters is 1. The van der Waals surface area contributed by atoms with Gasteiger partial charge in [0.2, 0.25) is 5.88 Å². The number of aromatic nitrogens is 1. The van der Waals surface area contributed by atoms with E-state index in [4.69, 9.17) is 15.2 Å². The maximum absolute atomic E-state index is 12.7. The number of phenols is 1. The Hall–Kier alpha value is -3.54. The van der Waals surface area contributed by atoms with Gasteiger partial charge in [0.1, 0.15) is 17.1 Å². The number of benzene rings is 2. The highest BCUT2D eigenvalue weighted by atomic mass is 16.5. The number of pyridine rings is 1. The Bertz CT molecular complexity index is 1070. The number of phenolic OH excluding ortho intramolecular Hbond substituents is 1. The zero-order valence-electron chi connectivity index (χ0n) is 14.7. The molecule has 0 saturated heterocycles. The van der Waals surface area contributed by atoms with Crippen LogP contribution in [0.3, 0.4) is 0 Å². The maximum atomic E-state index is 12.7. The molecule has 0 aliphatic carbocycles. The van der Waals surface area contributed by atoms with E-state index in [0.717, 1.165) is 22.0 Å². The van der Waals surface area contributed by atoms with E-state index >= 15 is 0 Å². The molecule has 2 aromatic carbocycles. The molecule has 2 heterocycles. The fourth-order valence-corrected chi connectivity index (χ4v) is 3.44. The molecule has 1 unspecified atom stereocenters. The molecular weight excluding hydrogens is 344 g/mol. The average molecular weight is 362 g/mol. The van der Waals surface area contributed by atoms with E-state index in [1.807, 2.05) is 30.3 Å². The molecule has 1 aromatic heterocycles. The third kappa shape index (κ3) is 2.85. The molecule has 6 nitrogen and oxygen atoms in total. The average Bonchev–Trinajstić information content (AvgIpc) is 2.66. The van der Waals surface area contributed by atoms with Crippen molar-refractivity contribution >= 4 is 16.9 Å². The Morgan fingerprint density at radius 2 is 2.04 bits per heavy atom. The minimum Gasteiger partial charge on any atom is -0.508 e. The number of nitrogens with zero attached hydrogens (tertiary/aromatic N) is 1. The lowest BCUT2D eigenvalue weighted by Crippen LogP contribution is -2.27. The summed E-state index contributed by atoms with van der Waals surface area (Å²) in [4.78, 5) is 17.1. The topological polar surface area (TPSA) is 94.7 Å². The highest BCUT2D eigenvalue weighted by molar-refractivity contribution is 5.95. The lowest BCUT2D eigenvalue weighted by molar-refractivity contribution is -0.139. The van der Waals surface area contributed by atoms with Crippen LogP contribution >= 0.6 is 0 Å². The van der Waals surface area contributed by atoms with Crippen LogP contribution in [0.5, 0.6) is 11.5 Å². The van der Waals surface area contributed by atoms with E-state index in [2.05, 4.69) is 4.98 Å². The van der Waals surface area contributed by atoms with Gasteiger partial charge in [-0.2, -0.15) is 0 Å². The van der Waals surface area contributed by atoms with Gasteiger partial charge < -0.3 is 20.3 Å². The zero-order valence-corrected chi connectivity index (χ0v) is 14.7. The van der Waals surface area contributed by atoms with Crippen molar-refractivity contribution < 1.29 is 19.4 Å². The predicted molar refractivity (Wildman–Crippen MR) is 100 cm³/mol. The largest absolute Gasteiger partial charge is 0.508 e. The van der Waals surface area contributed by atoms with Crippen molar-refractivity contribution in [3.63, 3.8) is 0 Å². The van der Waals surface area contributed by atoms with Crippen LogP contribution in [-0.4, -0.2) is 22.7 Å². The number of aromatic hydroxyl groups is 1. The first-order valence-corrected chi connectivity index (χ1v) is 8.61. The number of para-hydroxylation sites is 1. The van der Waals surface area contributed by atoms with Crippen LogP contribution in [0.4, 0.5) is 0 Å². The number of rotatable bonds is 3. The molecule has 0 bridgehead atoms. The van der Waals surface area contributed by atoms with Gasteiger partial charge in [-0.05, 0) is 30.7 Å².